The molecule has 3 rings (SSSR count). The molecule has 8 heteroatoms. The van der Waals surface area contributed by atoms with Crippen LogP contribution in [-0.2, 0) is 0 Å². The van der Waals surface area contributed by atoms with E-state index in [0.717, 1.165) is 18.0 Å². The Morgan fingerprint density at radius 2 is 1.35 bits per heavy atom. The zero-order chi connectivity index (χ0) is 18.7. The number of rotatable bonds is 3. The number of hydrogen-bond donors (Lipinski definition) is 1. The number of benzene rings is 1. The number of carboxylic acid groups (broad SMARTS) is 1. The standard InChI is InChI=1S/C18H18N4O4/c1-12-2-4-13(5-3-12)16(23)21-6-8-22(9-7-21)17(24)14-10-20-15(11-19-14)18(25)26/h2-5,10-11H,6-9H2,1H3,(H,25,26). The van der Waals surface area contributed by atoms with Crippen LogP contribution in [0.5, 0.6) is 0 Å². The Kier molecular flexibility index (Phi) is 4.92. The predicted octanol–water partition coefficient (Wildman–Crippen LogP) is 1.08. The van der Waals surface area contributed by atoms with Crippen LogP contribution in [0.25, 0.3) is 0 Å². The molecule has 0 spiro atoms. The number of nitrogens with zero attached hydrogens (tertiary/aromatic N) is 4. The van der Waals surface area contributed by atoms with Crippen molar-refractivity contribution in [1.29, 1.82) is 0 Å². The van der Waals surface area contributed by atoms with Crippen LogP contribution in [0.3, 0.4) is 0 Å². The highest BCUT2D eigenvalue weighted by Gasteiger charge is 2.26. The monoisotopic (exact) mass is 354 g/mol. The van der Waals surface area contributed by atoms with E-state index >= 15 is 0 Å². The highest BCUT2D eigenvalue weighted by Crippen LogP contribution is 2.12. The number of carbonyl (C=O) groups is 3. The smallest absolute Gasteiger partial charge is 0.356 e. The zero-order valence-electron chi connectivity index (χ0n) is 14.3. The van der Waals surface area contributed by atoms with Crippen LogP contribution < -0.4 is 0 Å². The summed E-state index contributed by atoms with van der Waals surface area (Å²) in [4.78, 5) is 46.6. The molecule has 0 radical (unpaired) electrons. The first-order valence-electron chi connectivity index (χ1n) is 8.16. The number of aromatic nitrogens is 2. The van der Waals surface area contributed by atoms with Gasteiger partial charge in [-0.2, -0.15) is 0 Å². The van der Waals surface area contributed by atoms with Crippen LogP contribution in [0.1, 0.15) is 36.9 Å². The van der Waals surface area contributed by atoms with Crippen molar-refractivity contribution in [3.05, 3.63) is 59.2 Å². The summed E-state index contributed by atoms with van der Waals surface area (Å²) in [5.74, 6) is -1.57. The predicted molar refractivity (Wildman–Crippen MR) is 92.0 cm³/mol. The Labute approximate surface area is 150 Å². The van der Waals surface area contributed by atoms with E-state index in [1.165, 1.54) is 0 Å². The molecular weight excluding hydrogens is 336 g/mol. The summed E-state index contributed by atoms with van der Waals surface area (Å²) in [5.41, 5.74) is 1.60. The molecule has 0 aliphatic carbocycles. The molecule has 1 aromatic heterocycles. The third-order valence-electron chi connectivity index (χ3n) is 4.24. The quantitative estimate of drug-likeness (QED) is 0.885. The largest absolute Gasteiger partial charge is 0.476 e. The molecule has 0 bridgehead atoms. The van der Waals surface area contributed by atoms with Gasteiger partial charge in [-0.15, -0.1) is 0 Å². The van der Waals surface area contributed by atoms with Crippen LogP contribution in [0, 0.1) is 6.92 Å². The maximum Gasteiger partial charge on any atom is 0.356 e. The summed E-state index contributed by atoms with van der Waals surface area (Å²) in [5, 5.41) is 8.82. The van der Waals surface area contributed by atoms with Gasteiger partial charge in [0.05, 0.1) is 12.4 Å². The van der Waals surface area contributed by atoms with Crippen LogP contribution in [0.15, 0.2) is 36.7 Å². The summed E-state index contributed by atoms with van der Waals surface area (Å²) in [7, 11) is 0. The second-order valence-corrected chi connectivity index (χ2v) is 6.04. The van der Waals surface area contributed by atoms with Gasteiger partial charge >= 0.3 is 5.97 Å². The maximum absolute atomic E-state index is 12.5. The Morgan fingerprint density at radius 1 is 0.846 bits per heavy atom. The third-order valence-corrected chi connectivity index (χ3v) is 4.24. The average molecular weight is 354 g/mol. The summed E-state index contributed by atoms with van der Waals surface area (Å²) in [6.45, 7) is 3.60. The van der Waals surface area contributed by atoms with Gasteiger partial charge in [0.2, 0.25) is 0 Å². The Bertz CT molecular complexity index is 825. The molecule has 1 aromatic carbocycles. The fourth-order valence-electron chi connectivity index (χ4n) is 2.70. The first-order valence-corrected chi connectivity index (χ1v) is 8.16. The Morgan fingerprint density at radius 3 is 1.85 bits per heavy atom. The number of aryl methyl sites for hydroxylation is 1. The molecule has 1 fully saturated rings. The molecule has 1 saturated heterocycles. The summed E-state index contributed by atoms with van der Waals surface area (Å²) in [6, 6.07) is 7.39. The molecule has 1 N–H and O–H groups in total. The van der Waals surface area contributed by atoms with Crippen LogP contribution >= 0.6 is 0 Å². The van der Waals surface area contributed by atoms with Gasteiger partial charge < -0.3 is 14.9 Å². The molecule has 8 nitrogen and oxygen atoms in total. The SMILES string of the molecule is Cc1ccc(C(=O)N2CCN(C(=O)c3cnc(C(=O)O)cn3)CC2)cc1. The van der Waals surface area contributed by atoms with E-state index in [1.54, 1.807) is 21.9 Å². The number of aromatic carboxylic acids is 1. The lowest BCUT2D eigenvalue weighted by atomic mass is 10.1. The molecule has 1 aliphatic rings. The maximum atomic E-state index is 12.5. The first kappa shape index (κ1) is 17.5. The highest BCUT2D eigenvalue weighted by atomic mass is 16.4. The fraction of sp³-hybridized carbons (Fsp3) is 0.278. The van der Waals surface area contributed by atoms with Gasteiger partial charge in [-0.25, -0.2) is 14.8 Å². The van der Waals surface area contributed by atoms with Crippen molar-refractivity contribution in [3.8, 4) is 0 Å². The van der Waals surface area contributed by atoms with Gasteiger partial charge in [0.25, 0.3) is 11.8 Å². The average Bonchev–Trinajstić information content (AvgIpc) is 2.67. The number of hydrogen-bond acceptors (Lipinski definition) is 5. The minimum Gasteiger partial charge on any atom is -0.476 e. The third kappa shape index (κ3) is 3.69. The van der Waals surface area contributed by atoms with Gasteiger partial charge in [-0.3, -0.25) is 9.59 Å². The van der Waals surface area contributed by atoms with E-state index in [1.807, 2.05) is 19.1 Å². The van der Waals surface area contributed by atoms with Gasteiger partial charge in [0.1, 0.15) is 5.69 Å². The van der Waals surface area contributed by atoms with Crippen molar-refractivity contribution in [3.63, 3.8) is 0 Å². The zero-order valence-corrected chi connectivity index (χ0v) is 14.3. The van der Waals surface area contributed by atoms with Crippen molar-refractivity contribution in [1.82, 2.24) is 19.8 Å². The second-order valence-electron chi connectivity index (χ2n) is 6.04. The highest BCUT2D eigenvalue weighted by molar-refractivity contribution is 5.95. The summed E-state index contributed by atoms with van der Waals surface area (Å²) < 4.78 is 0. The Balaban J connectivity index is 1.60. The molecule has 2 heterocycles. The molecule has 0 atom stereocenters. The molecule has 2 aromatic rings. The van der Waals surface area contributed by atoms with Gasteiger partial charge in [-0.1, -0.05) is 17.7 Å². The Hall–Kier alpha value is -3.29. The second kappa shape index (κ2) is 7.30. The van der Waals surface area contributed by atoms with Crippen molar-refractivity contribution in [2.24, 2.45) is 0 Å². The minimum atomic E-state index is -1.19. The van der Waals surface area contributed by atoms with Gasteiger partial charge in [-0.05, 0) is 19.1 Å². The van der Waals surface area contributed by atoms with Crippen LogP contribution in [-0.4, -0.2) is 68.8 Å². The van der Waals surface area contributed by atoms with E-state index < -0.39 is 5.97 Å². The number of amides is 2. The summed E-state index contributed by atoms with van der Waals surface area (Å²) >= 11 is 0. The van der Waals surface area contributed by atoms with Gasteiger partial charge in [0, 0.05) is 31.7 Å². The van der Waals surface area contributed by atoms with E-state index in [0.29, 0.717) is 31.7 Å². The molecule has 0 unspecified atom stereocenters. The van der Waals surface area contributed by atoms with E-state index in [-0.39, 0.29) is 23.2 Å². The van der Waals surface area contributed by atoms with Crippen molar-refractivity contribution in [2.75, 3.05) is 26.2 Å². The van der Waals surface area contributed by atoms with E-state index in [2.05, 4.69) is 9.97 Å². The first-order chi connectivity index (χ1) is 12.5. The molecule has 26 heavy (non-hydrogen) atoms. The molecule has 2 amide bonds. The van der Waals surface area contributed by atoms with Crippen molar-refractivity contribution in [2.45, 2.75) is 6.92 Å². The molecule has 1 aliphatic heterocycles. The van der Waals surface area contributed by atoms with Gasteiger partial charge in [0.15, 0.2) is 5.69 Å². The minimum absolute atomic E-state index is 0.0531. The lowest BCUT2D eigenvalue weighted by Crippen LogP contribution is -2.50. The summed E-state index contributed by atoms with van der Waals surface area (Å²) in [6.07, 6.45) is 2.22. The molecule has 0 saturated carbocycles. The fourth-order valence-corrected chi connectivity index (χ4v) is 2.70. The topological polar surface area (TPSA) is 104 Å². The molecule has 134 valence electrons. The van der Waals surface area contributed by atoms with Crippen molar-refractivity contribution < 1.29 is 19.5 Å². The van der Waals surface area contributed by atoms with E-state index in [9.17, 15) is 14.4 Å². The van der Waals surface area contributed by atoms with E-state index in [4.69, 9.17) is 5.11 Å². The van der Waals surface area contributed by atoms with Crippen LogP contribution in [0.4, 0.5) is 0 Å². The lowest BCUT2D eigenvalue weighted by Gasteiger charge is -2.34. The number of piperazine rings is 1. The van der Waals surface area contributed by atoms with Crippen molar-refractivity contribution >= 4 is 17.8 Å². The molecular formula is C18H18N4O4. The number of carbonyl (C=O) groups excluding carboxylic acids is 2. The normalized spacial score (nSPS) is 14.2. The van der Waals surface area contributed by atoms with Crippen LogP contribution in [0.2, 0.25) is 0 Å². The number of carboxylic acids is 1. The lowest BCUT2D eigenvalue weighted by molar-refractivity contribution is 0.0532.